The minimum atomic E-state index is -2.19. The van der Waals surface area contributed by atoms with Gasteiger partial charge in [0.05, 0.1) is 53.4 Å². The Hall–Kier alpha value is -4.26. The molecule has 278 valence electrons. The lowest BCUT2D eigenvalue weighted by atomic mass is 9.85. The Balaban J connectivity index is 1.43. The van der Waals surface area contributed by atoms with E-state index in [9.17, 15) is 5.11 Å². The zero-order valence-electron chi connectivity index (χ0n) is 30.4. The van der Waals surface area contributed by atoms with Gasteiger partial charge in [0.2, 0.25) is 0 Å². The van der Waals surface area contributed by atoms with Crippen LogP contribution in [0, 0.1) is 0 Å². The maximum atomic E-state index is 12.8. The largest absolute Gasteiger partial charge is 0.374 e. The first-order valence-electron chi connectivity index (χ1n) is 17.9. The zero-order chi connectivity index (χ0) is 36.8. The number of benzene rings is 5. The molecule has 0 spiro atoms. The van der Waals surface area contributed by atoms with Crippen LogP contribution < -0.4 is 0 Å². The highest BCUT2D eigenvalue weighted by Crippen LogP contribution is 2.43. The van der Waals surface area contributed by atoms with Crippen molar-refractivity contribution in [2.75, 3.05) is 27.4 Å². The van der Waals surface area contributed by atoms with Gasteiger partial charge in [-0.1, -0.05) is 152 Å². The Morgan fingerprint density at radius 2 is 0.849 bits per heavy atom. The summed E-state index contributed by atoms with van der Waals surface area (Å²) in [5.41, 5.74) is 3.33. The summed E-state index contributed by atoms with van der Waals surface area (Å²) in [6.45, 7) is 1.13. The number of nitrogens with zero attached hydrogens (tertiary/aromatic N) is 1. The van der Waals surface area contributed by atoms with Crippen molar-refractivity contribution in [3.8, 4) is 0 Å². The van der Waals surface area contributed by atoms with Crippen molar-refractivity contribution >= 4 is 0 Å². The van der Waals surface area contributed by atoms with E-state index in [0.29, 0.717) is 0 Å². The summed E-state index contributed by atoms with van der Waals surface area (Å²) in [5, 5.41) is 14.1. The zero-order valence-corrected chi connectivity index (χ0v) is 30.4. The lowest BCUT2D eigenvalue weighted by Gasteiger charge is -2.56. The molecule has 9 heteroatoms. The third-order valence-corrected chi connectivity index (χ3v) is 9.31. The molecule has 0 radical (unpaired) electrons. The molecule has 5 aromatic rings. The van der Waals surface area contributed by atoms with E-state index in [-0.39, 0.29) is 46.2 Å². The molecular weight excluding hydrogens is 670 g/mol. The van der Waals surface area contributed by atoms with Gasteiger partial charge < -0.3 is 33.5 Å². The van der Waals surface area contributed by atoms with E-state index < -0.39 is 29.8 Å². The summed E-state index contributed by atoms with van der Waals surface area (Å²) in [7, 11) is 3.06. The fourth-order valence-corrected chi connectivity index (χ4v) is 6.47. The van der Waals surface area contributed by atoms with E-state index in [4.69, 9.17) is 33.3 Å². The van der Waals surface area contributed by atoms with Crippen LogP contribution in [0.25, 0.3) is 0 Å². The Morgan fingerprint density at radius 3 is 1.23 bits per heavy atom. The summed E-state index contributed by atoms with van der Waals surface area (Å²) in [4.78, 5) is 5.69. The predicted molar refractivity (Wildman–Crippen MR) is 201 cm³/mol. The Morgan fingerprint density at radius 1 is 0.509 bits per heavy atom. The van der Waals surface area contributed by atoms with Gasteiger partial charge in [0.25, 0.3) is 5.91 Å². The van der Waals surface area contributed by atoms with E-state index >= 15 is 0 Å². The number of hydrogen-bond acceptors (Lipinski definition) is 9. The second kappa shape index (κ2) is 19.2. The van der Waals surface area contributed by atoms with Crippen molar-refractivity contribution in [1.82, 2.24) is 5.06 Å². The third kappa shape index (κ3) is 10.2. The quantitative estimate of drug-likeness (QED) is 0.0711. The van der Waals surface area contributed by atoms with Crippen LogP contribution in [0.4, 0.5) is 0 Å². The first-order valence-corrected chi connectivity index (χ1v) is 17.9. The Labute approximate surface area is 312 Å². The summed E-state index contributed by atoms with van der Waals surface area (Å²) >= 11 is 0. The fourth-order valence-electron chi connectivity index (χ4n) is 6.47. The first kappa shape index (κ1) is 38.5. The van der Waals surface area contributed by atoms with Gasteiger partial charge in [-0.2, -0.15) is 0 Å². The minimum Gasteiger partial charge on any atom is -0.374 e. The molecule has 1 heterocycles. The summed E-state index contributed by atoms with van der Waals surface area (Å²) in [5.74, 6) is -2.19. The summed E-state index contributed by atoms with van der Waals surface area (Å²) in [6, 6.07) is 49.3. The van der Waals surface area contributed by atoms with Crippen LogP contribution in [0.2, 0.25) is 0 Å². The molecule has 1 aliphatic heterocycles. The van der Waals surface area contributed by atoms with Gasteiger partial charge in [-0.05, 0) is 27.8 Å². The predicted octanol–water partition coefficient (Wildman–Crippen LogP) is 7.08. The van der Waals surface area contributed by atoms with Crippen molar-refractivity contribution in [1.29, 1.82) is 0 Å². The van der Waals surface area contributed by atoms with Gasteiger partial charge in [-0.3, -0.25) is 4.84 Å². The van der Waals surface area contributed by atoms with E-state index in [0.717, 1.165) is 27.8 Å². The number of hydroxylamine groups is 2. The van der Waals surface area contributed by atoms with Gasteiger partial charge in [0.15, 0.2) is 6.10 Å². The minimum absolute atomic E-state index is 0.0212. The SMILES string of the molecule is CON(C)[C@]1(O)OC(COCc2ccccc2)(COCc2ccccc2)[C@@H](OCc2ccccc2)[C@H](OCc2ccccc2)[C@H]1OCc1ccccc1. The van der Waals surface area contributed by atoms with E-state index in [1.165, 1.54) is 12.2 Å². The number of likely N-dealkylation sites (N-methyl/N-ethyl adjacent to an activating group) is 1. The van der Waals surface area contributed by atoms with E-state index in [1.54, 1.807) is 7.05 Å². The molecule has 5 aromatic carbocycles. The van der Waals surface area contributed by atoms with Crippen molar-refractivity contribution in [3.63, 3.8) is 0 Å². The second-order valence-electron chi connectivity index (χ2n) is 13.2. The number of hydrogen-bond donors (Lipinski definition) is 1. The van der Waals surface area contributed by atoms with Crippen LogP contribution in [-0.4, -0.2) is 67.4 Å². The second-order valence-corrected chi connectivity index (χ2v) is 13.2. The van der Waals surface area contributed by atoms with Crippen LogP contribution in [0.1, 0.15) is 27.8 Å². The normalized spacial score (nSPS) is 21.1. The molecule has 1 N–H and O–H groups in total. The van der Waals surface area contributed by atoms with Gasteiger partial charge in [-0.25, -0.2) is 0 Å². The van der Waals surface area contributed by atoms with Crippen molar-refractivity contribution < 1.29 is 38.4 Å². The monoisotopic (exact) mass is 719 g/mol. The van der Waals surface area contributed by atoms with Crippen LogP contribution in [0.5, 0.6) is 0 Å². The van der Waals surface area contributed by atoms with Gasteiger partial charge >= 0.3 is 0 Å². The summed E-state index contributed by atoms with van der Waals surface area (Å²) < 4.78 is 40.3. The maximum absolute atomic E-state index is 12.8. The fraction of sp³-hybridized carbons (Fsp3) is 0.318. The summed E-state index contributed by atoms with van der Waals surface area (Å²) in [6.07, 6.45) is -2.92. The number of ether oxygens (including phenoxy) is 6. The highest BCUT2D eigenvalue weighted by Gasteiger charge is 2.65. The van der Waals surface area contributed by atoms with Crippen LogP contribution >= 0.6 is 0 Å². The van der Waals surface area contributed by atoms with Crippen molar-refractivity contribution in [2.45, 2.75) is 62.9 Å². The molecule has 0 amide bonds. The van der Waals surface area contributed by atoms with Crippen LogP contribution in [-0.2, 0) is 66.3 Å². The van der Waals surface area contributed by atoms with Gasteiger partial charge in [0, 0.05) is 7.05 Å². The Bertz CT molecular complexity index is 1700. The molecule has 4 atom stereocenters. The lowest BCUT2D eigenvalue weighted by molar-refractivity contribution is -0.484. The lowest BCUT2D eigenvalue weighted by Crippen LogP contribution is -2.77. The highest BCUT2D eigenvalue weighted by molar-refractivity contribution is 5.18. The molecule has 0 bridgehead atoms. The number of rotatable bonds is 19. The van der Waals surface area contributed by atoms with Crippen molar-refractivity contribution in [3.05, 3.63) is 179 Å². The molecule has 9 nitrogen and oxygen atoms in total. The Kier molecular flexibility index (Phi) is 13.9. The van der Waals surface area contributed by atoms with Crippen molar-refractivity contribution in [2.24, 2.45) is 0 Å². The first-order chi connectivity index (χ1) is 26.0. The molecule has 1 fully saturated rings. The maximum Gasteiger partial charge on any atom is 0.280 e. The molecule has 0 aromatic heterocycles. The third-order valence-electron chi connectivity index (χ3n) is 9.31. The van der Waals surface area contributed by atoms with E-state index in [2.05, 4.69) is 0 Å². The van der Waals surface area contributed by atoms with Gasteiger partial charge in [0.1, 0.15) is 17.8 Å². The molecule has 0 aliphatic carbocycles. The average molecular weight is 720 g/mol. The van der Waals surface area contributed by atoms with Crippen LogP contribution in [0.3, 0.4) is 0 Å². The molecule has 1 saturated heterocycles. The molecule has 1 aliphatic rings. The number of aliphatic hydroxyl groups is 1. The van der Waals surface area contributed by atoms with E-state index in [1.807, 2.05) is 152 Å². The highest BCUT2D eigenvalue weighted by atomic mass is 16.8. The smallest absolute Gasteiger partial charge is 0.280 e. The molecule has 0 saturated carbocycles. The molecular formula is C44H49NO8. The molecule has 6 rings (SSSR count). The molecule has 53 heavy (non-hydrogen) atoms. The van der Waals surface area contributed by atoms with Gasteiger partial charge in [-0.15, -0.1) is 5.06 Å². The standard InChI is InChI=1S/C44H49NO8/c1-45(47-2)44(46)42(52-32-39-26-16-7-17-27-39)40(50-30-37-22-12-5-13-23-37)41(51-31-38-24-14-6-15-25-38)43(53-44,33-48-28-35-18-8-3-9-19-35)34-49-29-36-20-10-4-11-21-36/h3-27,40-42,46H,28-34H2,1-2H3/t40-,41-,42+,44+/m0/s1. The average Bonchev–Trinajstić information content (AvgIpc) is 3.21. The molecule has 0 unspecified atom stereocenters. The van der Waals surface area contributed by atoms with Crippen LogP contribution in [0.15, 0.2) is 152 Å². The topological polar surface area (TPSA) is 88.1 Å².